The van der Waals surface area contributed by atoms with Crippen LogP contribution in [0.1, 0.15) is 12.5 Å². The molecule has 0 atom stereocenters. The van der Waals surface area contributed by atoms with E-state index in [4.69, 9.17) is 5.73 Å². The number of nitrogen functional groups attached to an aromatic ring is 1. The van der Waals surface area contributed by atoms with Crippen molar-refractivity contribution < 1.29 is 4.79 Å². The Hall–Kier alpha value is -2.36. The fourth-order valence-electron chi connectivity index (χ4n) is 1.87. The molecule has 3 N–H and O–H groups in total. The molecule has 0 unspecified atom stereocenters. The highest BCUT2D eigenvalue weighted by atomic mass is 16.1. The fourth-order valence-corrected chi connectivity index (χ4v) is 1.87. The summed E-state index contributed by atoms with van der Waals surface area (Å²) in [5.74, 6) is 0. The number of aromatic nitrogens is 1. The van der Waals surface area contributed by atoms with Crippen molar-refractivity contribution in [2.24, 2.45) is 0 Å². The van der Waals surface area contributed by atoms with Gasteiger partial charge in [0.05, 0.1) is 11.4 Å². The van der Waals surface area contributed by atoms with Crippen molar-refractivity contribution >= 4 is 17.8 Å². The second-order valence-electron chi connectivity index (χ2n) is 3.96. The van der Waals surface area contributed by atoms with Crippen LogP contribution < -0.4 is 11.1 Å². The molecule has 92 valence electrons. The van der Waals surface area contributed by atoms with Gasteiger partial charge in [-0.05, 0) is 41.8 Å². The van der Waals surface area contributed by atoms with E-state index in [0.29, 0.717) is 17.8 Å². The minimum absolute atomic E-state index is 0.575. The molecule has 0 aliphatic carbocycles. The quantitative estimate of drug-likeness (QED) is 0.638. The summed E-state index contributed by atoms with van der Waals surface area (Å²) in [5.41, 5.74) is 10.3. The second-order valence-corrected chi connectivity index (χ2v) is 3.96. The number of hydrogen-bond donors (Lipinski definition) is 2. The lowest BCUT2D eigenvalue weighted by Crippen LogP contribution is -2.02. The van der Waals surface area contributed by atoms with E-state index in [1.54, 1.807) is 12.4 Å². The molecule has 1 aromatic carbocycles. The summed E-state index contributed by atoms with van der Waals surface area (Å²) in [6.45, 7) is 2.06. The van der Waals surface area contributed by atoms with Crippen molar-refractivity contribution in [1.29, 1.82) is 0 Å². The highest BCUT2D eigenvalue weighted by molar-refractivity contribution is 5.90. The van der Waals surface area contributed by atoms with Crippen molar-refractivity contribution in [2.45, 2.75) is 13.3 Å². The van der Waals surface area contributed by atoms with Gasteiger partial charge < -0.3 is 11.1 Å². The van der Waals surface area contributed by atoms with Gasteiger partial charge in [0, 0.05) is 18.0 Å². The van der Waals surface area contributed by atoms with Crippen molar-refractivity contribution in [1.82, 2.24) is 4.98 Å². The minimum atomic E-state index is 0.575. The van der Waals surface area contributed by atoms with Crippen LogP contribution in [-0.2, 0) is 11.2 Å². The lowest BCUT2D eigenvalue weighted by atomic mass is 9.99. The predicted octanol–water partition coefficient (Wildman–Crippen LogP) is 2.46. The first-order valence-corrected chi connectivity index (χ1v) is 5.79. The molecule has 2 aromatic rings. The summed E-state index contributed by atoms with van der Waals surface area (Å²) < 4.78 is 0. The van der Waals surface area contributed by atoms with Gasteiger partial charge >= 0.3 is 0 Å². The van der Waals surface area contributed by atoms with Crippen LogP contribution in [0.4, 0.5) is 11.4 Å². The first-order valence-electron chi connectivity index (χ1n) is 5.79. The molecule has 18 heavy (non-hydrogen) atoms. The molecule has 0 bridgehead atoms. The van der Waals surface area contributed by atoms with E-state index >= 15 is 0 Å². The van der Waals surface area contributed by atoms with Crippen LogP contribution >= 0.6 is 0 Å². The van der Waals surface area contributed by atoms with Gasteiger partial charge in [0.1, 0.15) is 0 Å². The van der Waals surface area contributed by atoms with Crippen molar-refractivity contribution in [3.05, 3.63) is 42.2 Å². The molecule has 2 rings (SSSR count). The van der Waals surface area contributed by atoms with Crippen LogP contribution in [0.25, 0.3) is 11.1 Å². The standard InChI is InChI=1S/C14H15N3O/c1-2-10-7-12(11-3-5-16-6-4-11)14(15)13(8-10)17-9-18/h3-9H,2,15H2,1H3,(H,17,18). The Kier molecular flexibility index (Phi) is 3.57. The van der Waals surface area contributed by atoms with Gasteiger partial charge in [-0.3, -0.25) is 9.78 Å². The number of amides is 1. The predicted molar refractivity (Wildman–Crippen MR) is 73.2 cm³/mol. The first-order chi connectivity index (χ1) is 8.76. The number of hydrogen-bond acceptors (Lipinski definition) is 3. The van der Waals surface area contributed by atoms with Gasteiger partial charge in [-0.15, -0.1) is 0 Å². The second kappa shape index (κ2) is 5.31. The maximum Gasteiger partial charge on any atom is 0.211 e. The molecule has 4 nitrogen and oxygen atoms in total. The smallest absolute Gasteiger partial charge is 0.211 e. The summed E-state index contributed by atoms with van der Waals surface area (Å²) in [4.78, 5) is 14.6. The van der Waals surface area contributed by atoms with E-state index in [9.17, 15) is 4.79 Å². The van der Waals surface area contributed by atoms with Gasteiger partial charge in [-0.2, -0.15) is 0 Å². The summed E-state index contributed by atoms with van der Waals surface area (Å²) in [7, 11) is 0. The number of anilines is 2. The summed E-state index contributed by atoms with van der Waals surface area (Å²) >= 11 is 0. The Bertz CT molecular complexity index is 552. The molecular weight excluding hydrogens is 226 g/mol. The fraction of sp³-hybridized carbons (Fsp3) is 0.143. The third-order valence-corrected chi connectivity index (χ3v) is 2.85. The third kappa shape index (κ3) is 2.32. The number of rotatable bonds is 4. The molecule has 1 amide bonds. The van der Waals surface area contributed by atoms with Gasteiger partial charge in [-0.1, -0.05) is 6.92 Å². The number of carbonyl (C=O) groups excluding carboxylic acids is 1. The monoisotopic (exact) mass is 241 g/mol. The Balaban J connectivity index is 2.59. The molecule has 0 saturated carbocycles. The van der Waals surface area contributed by atoms with E-state index in [1.165, 1.54) is 0 Å². The zero-order valence-corrected chi connectivity index (χ0v) is 10.2. The van der Waals surface area contributed by atoms with E-state index in [0.717, 1.165) is 23.1 Å². The normalized spacial score (nSPS) is 10.1. The van der Waals surface area contributed by atoms with Crippen LogP contribution in [-0.4, -0.2) is 11.4 Å². The molecular formula is C14H15N3O. The van der Waals surface area contributed by atoms with Crippen molar-refractivity contribution in [3.8, 4) is 11.1 Å². The SMILES string of the molecule is CCc1cc(NC=O)c(N)c(-c2ccncc2)c1. The largest absolute Gasteiger partial charge is 0.397 e. The third-order valence-electron chi connectivity index (χ3n) is 2.85. The van der Waals surface area contributed by atoms with Crippen molar-refractivity contribution in [3.63, 3.8) is 0 Å². The Labute approximate surface area is 106 Å². The number of nitrogens with two attached hydrogens (primary N) is 1. The summed E-state index contributed by atoms with van der Waals surface area (Å²) in [5, 5.41) is 2.64. The highest BCUT2D eigenvalue weighted by Crippen LogP contribution is 2.33. The molecule has 1 heterocycles. The first kappa shape index (κ1) is 12.1. The average molecular weight is 241 g/mol. The molecule has 1 aromatic heterocycles. The lowest BCUT2D eigenvalue weighted by Gasteiger charge is -2.13. The van der Waals surface area contributed by atoms with Gasteiger partial charge in [0.2, 0.25) is 6.41 Å². The topological polar surface area (TPSA) is 68.0 Å². The van der Waals surface area contributed by atoms with E-state index in [1.807, 2.05) is 24.3 Å². The number of pyridine rings is 1. The van der Waals surface area contributed by atoms with Gasteiger partial charge in [0.25, 0.3) is 0 Å². The van der Waals surface area contributed by atoms with Crippen LogP contribution in [0.2, 0.25) is 0 Å². The Morgan fingerprint density at radius 1 is 1.33 bits per heavy atom. The molecule has 0 saturated heterocycles. The number of benzene rings is 1. The van der Waals surface area contributed by atoms with Gasteiger partial charge in [-0.25, -0.2) is 0 Å². The molecule has 0 fully saturated rings. The molecule has 0 aliphatic rings. The van der Waals surface area contributed by atoms with Crippen LogP contribution in [0, 0.1) is 0 Å². The van der Waals surface area contributed by atoms with Crippen LogP contribution in [0.15, 0.2) is 36.7 Å². The van der Waals surface area contributed by atoms with Crippen LogP contribution in [0.3, 0.4) is 0 Å². The van der Waals surface area contributed by atoms with Crippen LogP contribution in [0.5, 0.6) is 0 Å². The average Bonchev–Trinajstić information content (AvgIpc) is 2.42. The Morgan fingerprint density at radius 2 is 2.06 bits per heavy atom. The maximum absolute atomic E-state index is 10.6. The minimum Gasteiger partial charge on any atom is -0.397 e. The zero-order chi connectivity index (χ0) is 13.0. The number of carbonyl (C=O) groups is 1. The molecule has 4 heteroatoms. The summed E-state index contributed by atoms with van der Waals surface area (Å²) in [6.07, 6.45) is 4.97. The maximum atomic E-state index is 10.6. The van der Waals surface area contributed by atoms with E-state index < -0.39 is 0 Å². The zero-order valence-electron chi connectivity index (χ0n) is 10.2. The number of nitrogens with zero attached hydrogens (tertiary/aromatic N) is 1. The number of aryl methyl sites for hydroxylation is 1. The van der Waals surface area contributed by atoms with Gasteiger partial charge in [0.15, 0.2) is 0 Å². The molecule has 0 spiro atoms. The van der Waals surface area contributed by atoms with E-state index in [-0.39, 0.29) is 0 Å². The number of nitrogens with one attached hydrogen (secondary N) is 1. The van der Waals surface area contributed by atoms with Crippen molar-refractivity contribution in [2.75, 3.05) is 11.1 Å². The molecule has 0 radical (unpaired) electrons. The summed E-state index contributed by atoms with van der Waals surface area (Å²) in [6, 6.07) is 7.74. The Morgan fingerprint density at radius 3 is 2.67 bits per heavy atom. The molecule has 0 aliphatic heterocycles. The highest BCUT2D eigenvalue weighted by Gasteiger charge is 2.09. The lowest BCUT2D eigenvalue weighted by molar-refractivity contribution is -0.105. The van der Waals surface area contributed by atoms with E-state index in [2.05, 4.69) is 17.2 Å².